The van der Waals surface area contributed by atoms with E-state index in [9.17, 15) is 0 Å². The van der Waals surface area contributed by atoms with Crippen molar-refractivity contribution in [2.75, 3.05) is 13.0 Å². The largest absolute Gasteiger partial charge is 0.374 e. The predicted octanol–water partition coefficient (Wildman–Crippen LogP) is 3.41. The minimum absolute atomic E-state index is 0.236. The Kier molecular flexibility index (Phi) is 4.00. The molecule has 0 aromatic carbocycles. The Hall–Kier alpha value is -0.120. The Morgan fingerprint density at radius 1 is 1.67 bits per heavy atom. The van der Waals surface area contributed by atoms with Crippen LogP contribution in [0.3, 0.4) is 0 Å². The van der Waals surface area contributed by atoms with Gasteiger partial charge >= 0.3 is 0 Å². The van der Waals surface area contributed by atoms with E-state index in [0.29, 0.717) is 11.8 Å². The lowest BCUT2D eigenvalue weighted by atomic mass is 10.2. The summed E-state index contributed by atoms with van der Waals surface area (Å²) in [4.78, 5) is 4.62. The lowest BCUT2D eigenvalue weighted by Crippen LogP contribution is -2.03. The Bertz CT molecular complexity index is 311. The van der Waals surface area contributed by atoms with Crippen LogP contribution in [-0.2, 0) is 11.2 Å². The number of ether oxygens (including phenoxy) is 1. The van der Waals surface area contributed by atoms with E-state index >= 15 is 0 Å². The van der Waals surface area contributed by atoms with Gasteiger partial charge in [-0.05, 0) is 31.6 Å². The van der Waals surface area contributed by atoms with Crippen molar-refractivity contribution in [1.29, 1.82) is 0 Å². The quantitative estimate of drug-likeness (QED) is 0.717. The molecule has 4 heteroatoms. The molecule has 1 aliphatic rings. The Balaban J connectivity index is 1.98. The summed E-state index contributed by atoms with van der Waals surface area (Å²) in [5.74, 6) is 1.42. The number of thiazole rings is 1. The third kappa shape index (κ3) is 2.92. The first kappa shape index (κ1) is 11.4. The lowest BCUT2D eigenvalue weighted by Gasteiger charge is -2.10. The van der Waals surface area contributed by atoms with Gasteiger partial charge in [-0.2, -0.15) is 0 Å². The second kappa shape index (κ2) is 5.28. The van der Waals surface area contributed by atoms with E-state index in [1.54, 1.807) is 18.4 Å². The van der Waals surface area contributed by atoms with Crippen LogP contribution in [-0.4, -0.2) is 18.0 Å². The molecule has 1 aromatic heterocycles. The highest BCUT2D eigenvalue weighted by molar-refractivity contribution is 7.09. The van der Waals surface area contributed by atoms with Gasteiger partial charge in [-0.15, -0.1) is 22.9 Å². The number of hydrogen-bond donors (Lipinski definition) is 0. The van der Waals surface area contributed by atoms with Crippen molar-refractivity contribution < 1.29 is 4.74 Å². The summed E-state index contributed by atoms with van der Waals surface area (Å²) in [6.07, 6.45) is 4.80. The van der Waals surface area contributed by atoms with Crippen LogP contribution in [0.2, 0.25) is 0 Å². The molecule has 1 aromatic rings. The summed E-state index contributed by atoms with van der Waals surface area (Å²) >= 11 is 7.38. The van der Waals surface area contributed by atoms with E-state index in [2.05, 4.69) is 10.4 Å². The molecule has 0 N–H and O–H groups in total. The van der Waals surface area contributed by atoms with Crippen molar-refractivity contribution in [2.45, 2.75) is 31.8 Å². The number of hydrogen-bond acceptors (Lipinski definition) is 3. The van der Waals surface area contributed by atoms with E-state index in [0.717, 1.165) is 17.8 Å². The van der Waals surface area contributed by atoms with Gasteiger partial charge in [0, 0.05) is 18.4 Å². The van der Waals surface area contributed by atoms with E-state index in [1.165, 1.54) is 18.5 Å². The molecule has 84 valence electrons. The number of nitrogens with zero attached hydrogens (tertiary/aromatic N) is 1. The highest BCUT2D eigenvalue weighted by atomic mass is 35.5. The number of aromatic nitrogens is 1. The molecule has 1 fully saturated rings. The molecule has 2 rings (SSSR count). The van der Waals surface area contributed by atoms with Crippen LogP contribution in [0.5, 0.6) is 0 Å². The third-order valence-electron chi connectivity index (χ3n) is 2.68. The average molecular weight is 246 g/mol. The molecule has 1 atom stereocenters. The van der Waals surface area contributed by atoms with Crippen molar-refractivity contribution in [3.8, 4) is 0 Å². The molecule has 0 saturated heterocycles. The summed E-state index contributed by atoms with van der Waals surface area (Å²) in [7, 11) is 1.78. The van der Waals surface area contributed by atoms with Gasteiger partial charge in [0.25, 0.3) is 0 Å². The van der Waals surface area contributed by atoms with Gasteiger partial charge in [-0.3, -0.25) is 0 Å². The van der Waals surface area contributed by atoms with Gasteiger partial charge in [0.05, 0.1) is 5.69 Å². The number of halogens is 1. The van der Waals surface area contributed by atoms with Gasteiger partial charge < -0.3 is 4.74 Å². The first-order chi connectivity index (χ1) is 7.35. The molecule has 0 radical (unpaired) electrons. The molecule has 1 aliphatic carbocycles. The van der Waals surface area contributed by atoms with E-state index < -0.39 is 0 Å². The van der Waals surface area contributed by atoms with Crippen LogP contribution in [0.25, 0.3) is 0 Å². The molecule has 15 heavy (non-hydrogen) atoms. The average Bonchev–Trinajstić information content (AvgIpc) is 2.96. The Morgan fingerprint density at radius 3 is 3.07 bits per heavy atom. The van der Waals surface area contributed by atoms with Gasteiger partial charge in [-0.25, -0.2) is 4.98 Å². The van der Waals surface area contributed by atoms with Crippen LogP contribution in [0.4, 0.5) is 0 Å². The van der Waals surface area contributed by atoms with Gasteiger partial charge in [-0.1, -0.05) is 0 Å². The van der Waals surface area contributed by atoms with Crippen molar-refractivity contribution in [2.24, 2.45) is 5.92 Å². The molecule has 2 nitrogen and oxygen atoms in total. The van der Waals surface area contributed by atoms with Gasteiger partial charge in [0.2, 0.25) is 0 Å². The van der Waals surface area contributed by atoms with E-state index in [-0.39, 0.29) is 6.10 Å². The summed E-state index contributed by atoms with van der Waals surface area (Å²) in [5.41, 5.74) is 1.17. The minimum atomic E-state index is 0.236. The van der Waals surface area contributed by atoms with Crippen LogP contribution in [0.15, 0.2) is 5.38 Å². The highest BCUT2D eigenvalue weighted by Gasteiger charge is 2.34. The van der Waals surface area contributed by atoms with Gasteiger partial charge in [0.15, 0.2) is 0 Å². The van der Waals surface area contributed by atoms with E-state index in [4.69, 9.17) is 16.3 Å². The molecule has 1 unspecified atom stereocenters. The Morgan fingerprint density at radius 2 is 2.47 bits per heavy atom. The number of aryl methyl sites for hydroxylation is 1. The van der Waals surface area contributed by atoms with Crippen LogP contribution in [0, 0.1) is 5.92 Å². The standard InChI is InChI=1S/C11H16ClNOS/c1-14-10(8-4-5-8)11-13-9(7-15-11)3-2-6-12/h7-8,10H,2-6H2,1H3. The highest BCUT2D eigenvalue weighted by Crippen LogP contribution is 2.43. The maximum absolute atomic E-state index is 5.66. The van der Waals surface area contributed by atoms with E-state index in [1.807, 2.05) is 0 Å². The molecule has 0 amide bonds. The predicted molar refractivity (Wildman–Crippen MR) is 63.6 cm³/mol. The molecular weight excluding hydrogens is 230 g/mol. The maximum atomic E-state index is 5.66. The zero-order chi connectivity index (χ0) is 10.7. The maximum Gasteiger partial charge on any atom is 0.122 e. The second-order valence-electron chi connectivity index (χ2n) is 3.96. The summed E-state index contributed by atoms with van der Waals surface area (Å²) in [5, 5.41) is 3.28. The normalized spacial score (nSPS) is 18.0. The second-order valence-corrected chi connectivity index (χ2v) is 5.23. The van der Waals surface area contributed by atoms with Gasteiger partial charge in [0.1, 0.15) is 11.1 Å². The fourth-order valence-corrected chi connectivity index (χ4v) is 2.86. The third-order valence-corrected chi connectivity index (χ3v) is 3.91. The zero-order valence-electron chi connectivity index (χ0n) is 8.91. The first-order valence-corrected chi connectivity index (χ1v) is 6.79. The lowest BCUT2D eigenvalue weighted by molar-refractivity contribution is 0.0842. The summed E-state index contributed by atoms with van der Waals surface area (Å²) < 4.78 is 5.50. The molecule has 0 bridgehead atoms. The number of rotatable bonds is 6. The number of alkyl halides is 1. The zero-order valence-corrected chi connectivity index (χ0v) is 10.5. The summed E-state index contributed by atoms with van der Waals surface area (Å²) in [6.45, 7) is 0. The minimum Gasteiger partial charge on any atom is -0.374 e. The molecule has 1 heterocycles. The Labute approximate surface area is 99.6 Å². The van der Waals surface area contributed by atoms with Crippen LogP contribution in [0.1, 0.15) is 36.1 Å². The fraction of sp³-hybridized carbons (Fsp3) is 0.727. The SMILES string of the molecule is COC(c1nc(CCCCl)cs1)C1CC1. The molecule has 1 saturated carbocycles. The smallest absolute Gasteiger partial charge is 0.122 e. The van der Waals surface area contributed by atoms with Crippen LogP contribution < -0.4 is 0 Å². The topological polar surface area (TPSA) is 22.1 Å². The first-order valence-electron chi connectivity index (χ1n) is 5.38. The monoisotopic (exact) mass is 245 g/mol. The number of methoxy groups -OCH3 is 1. The van der Waals surface area contributed by atoms with Crippen molar-refractivity contribution >= 4 is 22.9 Å². The van der Waals surface area contributed by atoms with Crippen molar-refractivity contribution in [3.05, 3.63) is 16.1 Å². The fourth-order valence-electron chi connectivity index (χ4n) is 1.71. The molecular formula is C11H16ClNOS. The molecule has 0 aliphatic heterocycles. The van der Waals surface area contributed by atoms with Crippen molar-refractivity contribution in [1.82, 2.24) is 4.98 Å². The van der Waals surface area contributed by atoms with Crippen LogP contribution >= 0.6 is 22.9 Å². The molecule has 0 spiro atoms. The summed E-state index contributed by atoms with van der Waals surface area (Å²) in [6, 6.07) is 0. The van der Waals surface area contributed by atoms with Crippen molar-refractivity contribution in [3.63, 3.8) is 0 Å².